The molecule has 0 aliphatic heterocycles. The molecule has 0 aliphatic rings. The van der Waals surface area contributed by atoms with Gasteiger partial charge < -0.3 is 14.9 Å². The number of hydrogen-bond donors (Lipinski definition) is 2. The van der Waals surface area contributed by atoms with Gasteiger partial charge in [0, 0.05) is 50.2 Å². The SMILES string of the molecule is CNc1ncccc1-c1ncc2[nH]cc(Cc3ccc(-c4nc(C(F)(F)F)cn4C)cc3)c2n1. The van der Waals surface area contributed by atoms with Gasteiger partial charge in [0.25, 0.3) is 0 Å². The molecular weight excluding hydrogens is 443 g/mol. The van der Waals surface area contributed by atoms with Crippen LogP contribution in [-0.2, 0) is 19.6 Å². The van der Waals surface area contributed by atoms with Gasteiger partial charge >= 0.3 is 6.18 Å². The summed E-state index contributed by atoms with van der Waals surface area (Å²) in [6.45, 7) is 0. The number of benzene rings is 1. The Kier molecular flexibility index (Phi) is 5.27. The molecule has 0 saturated carbocycles. The maximum Gasteiger partial charge on any atom is 0.434 e. The highest BCUT2D eigenvalue weighted by Crippen LogP contribution is 2.31. The number of nitrogens with one attached hydrogen (secondary N) is 2. The summed E-state index contributed by atoms with van der Waals surface area (Å²) >= 11 is 0. The van der Waals surface area contributed by atoms with Crippen LogP contribution in [0.5, 0.6) is 0 Å². The molecule has 0 spiro atoms. The number of fused-ring (bicyclic) bond motifs is 1. The highest BCUT2D eigenvalue weighted by Gasteiger charge is 2.34. The van der Waals surface area contributed by atoms with Crippen molar-refractivity contribution in [2.45, 2.75) is 12.6 Å². The van der Waals surface area contributed by atoms with Crippen LogP contribution in [0.3, 0.4) is 0 Å². The number of aryl methyl sites for hydroxylation is 1. The number of imidazole rings is 1. The average Bonchev–Trinajstić information content (AvgIpc) is 3.43. The molecular formula is C24H20F3N7. The Balaban J connectivity index is 1.43. The van der Waals surface area contributed by atoms with E-state index in [2.05, 4.69) is 25.3 Å². The Morgan fingerprint density at radius 3 is 2.56 bits per heavy atom. The molecule has 4 heterocycles. The topological polar surface area (TPSA) is 84.3 Å². The fraction of sp³-hybridized carbons (Fsp3) is 0.167. The van der Waals surface area contributed by atoms with Crippen molar-refractivity contribution in [3.63, 3.8) is 0 Å². The van der Waals surface area contributed by atoms with Crippen molar-refractivity contribution in [1.82, 2.24) is 29.5 Å². The van der Waals surface area contributed by atoms with Crippen LogP contribution in [0.1, 0.15) is 16.8 Å². The lowest BCUT2D eigenvalue weighted by molar-refractivity contribution is -0.140. The van der Waals surface area contributed by atoms with Crippen molar-refractivity contribution in [2.24, 2.45) is 7.05 Å². The van der Waals surface area contributed by atoms with Gasteiger partial charge in [-0.05, 0) is 17.7 Å². The number of H-pyrrole nitrogens is 1. The summed E-state index contributed by atoms with van der Waals surface area (Å²) in [6.07, 6.45) is 2.46. The van der Waals surface area contributed by atoms with E-state index in [4.69, 9.17) is 4.98 Å². The summed E-state index contributed by atoms with van der Waals surface area (Å²) in [5, 5.41) is 3.05. The number of aromatic amines is 1. The third-order valence-corrected chi connectivity index (χ3v) is 5.55. The lowest BCUT2D eigenvalue weighted by Crippen LogP contribution is -2.04. The number of halogens is 3. The normalized spacial score (nSPS) is 11.8. The Labute approximate surface area is 192 Å². The van der Waals surface area contributed by atoms with Crippen molar-refractivity contribution in [3.8, 4) is 22.8 Å². The second-order valence-electron chi connectivity index (χ2n) is 7.85. The van der Waals surface area contributed by atoms with Gasteiger partial charge in [-0.15, -0.1) is 0 Å². The summed E-state index contributed by atoms with van der Waals surface area (Å²) in [6, 6.07) is 11.1. The van der Waals surface area contributed by atoms with Crippen LogP contribution in [-0.4, -0.2) is 36.5 Å². The van der Waals surface area contributed by atoms with Gasteiger partial charge in [0.05, 0.1) is 22.8 Å². The molecule has 5 aromatic rings. The molecule has 4 aromatic heterocycles. The molecule has 0 unspecified atom stereocenters. The van der Waals surface area contributed by atoms with Gasteiger partial charge in [0.2, 0.25) is 0 Å². The molecule has 10 heteroatoms. The molecule has 2 N–H and O–H groups in total. The molecule has 0 atom stereocenters. The Bertz CT molecular complexity index is 1470. The smallest absolute Gasteiger partial charge is 0.373 e. The fourth-order valence-corrected chi connectivity index (χ4v) is 3.88. The van der Waals surface area contributed by atoms with Crippen molar-refractivity contribution in [3.05, 3.63) is 78.0 Å². The number of pyridine rings is 1. The second kappa shape index (κ2) is 8.29. The first-order valence-corrected chi connectivity index (χ1v) is 10.5. The molecule has 34 heavy (non-hydrogen) atoms. The molecule has 172 valence electrons. The summed E-state index contributed by atoms with van der Waals surface area (Å²) in [7, 11) is 3.35. The minimum absolute atomic E-state index is 0.264. The van der Waals surface area contributed by atoms with E-state index in [1.54, 1.807) is 38.6 Å². The Morgan fingerprint density at radius 1 is 1.06 bits per heavy atom. The summed E-state index contributed by atoms with van der Waals surface area (Å²) in [5.74, 6) is 1.52. The van der Waals surface area contributed by atoms with Crippen LogP contribution in [0.2, 0.25) is 0 Å². The third-order valence-electron chi connectivity index (χ3n) is 5.55. The first-order valence-electron chi connectivity index (χ1n) is 10.5. The minimum atomic E-state index is -4.48. The number of anilines is 1. The zero-order valence-corrected chi connectivity index (χ0v) is 18.4. The van der Waals surface area contributed by atoms with E-state index in [-0.39, 0.29) is 5.82 Å². The minimum Gasteiger partial charge on any atom is -0.373 e. The zero-order valence-electron chi connectivity index (χ0n) is 18.4. The van der Waals surface area contributed by atoms with Crippen molar-refractivity contribution in [1.29, 1.82) is 0 Å². The van der Waals surface area contributed by atoms with E-state index in [0.717, 1.165) is 33.9 Å². The zero-order chi connectivity index (χ0) is 23.9. The monoisotopic (exact) mass is 463 g/mol. The van der Waals surface area contributed by atoms with Crippen LogP contribution in [0.15, 0.2) is 61.2 Å². The summed E-state index contributed by atoms with van der Waals surface area (Å²) in [4.78, 5) is 20.5. The molecule has 7 nitrogen and oxygen atoms in total. The molecule has 0 bridgehead atoms. The maximum absolute atomic E-state index is 13.0. The van der Waals surface area contributed by atoms with Crippen molar-refractivity contribution >= 4 is 16.9 Å². The predicted molar refractivity (Wildman–Crippen MR) is 123 cm³/mol. The van der Waals surface area contributed by atoms with Crippen LogP contribution in [0.4, 0.5) is 19.0 Å². The highest BCUT2D eigenvalue weighted by molar-refractivity contribution is 5.82. The maximum atomic E-state index is 13.0. The molecule has 5 rings (SSSR count). The Morgan fingerprint density at radius 2 is 1.85 bits per heavy atom. The van der Waals surface area contributed by atoms with E-state index in [1.165, 1.54) is 4.57 Å². The lowest BCUT2D eigenvalue weighted by atomic mass is 10.0. The number of hydrogen-bond acceptors (Lipinski definition) is 5. The first kappa shape index (κ1) is 21.6. The summed E-state index contributed by atoms with van der Waals surface area (Å²) < 4.78 is 40.3. The molecule has 0 amide bonds. The lowest BCUT2D eigenvalue weighted by Gasteiger charge is -2.07. The number of rotatable bonds is 5. The number of aromatic nitrogens is 6. The largest absolute Gasteiger partial charge is 0.434 e. The second-order valence-corrected chi connectivity index (χ2v) is 7.85. The fourth-order valence-electron chi connectivity index (χ4n) is 3.88. The quantitative estimate of drug-likeness (QED) is 0.380. The van der Waals surface area contributed by atoms with Gasteiger partial charge in [-0.25, -0.2) is 19.9 Å². The van der Waals surface area contributed by atoms with Crippen LogP contribution in [0, 0.1) is 0 Å². The van der Waals surface area contributed by atoms with E-state index < -0.39 is 11.9 Å². The van der Waals surface area contributed by atoms with Gasteiger partial charge in [-0.1, -0.05) is 24.3 Å². The standard InChI is InChI=1S/C24H20F3N7/c1-28-21-17(4-3-9-29-21)22-31-12-18-20(33-22)16(11-30-18)10-14-5-7-15(8-6-14)23-32-19(13-34(23)2)24(25,26)27/h3-9,11-13,30H,10H2,1-2H3,(H,28,29). The van der Waals surface area contributed by atoms with E-state index in [0.29, 0.717) is 23.6 Å². The number of alkyl halides is 3. The Hall–Kier alpha value is -4.21. The molecule has 1 aromatic carbocycles. The molecule has 0 fully saturated rings. The van der Waals surface area contributed by atoms with Gasteiger partial charge in [-0.3, -0.25) is 0 Å². The highest BCUT2D eigenvalue weighted by atomic mass is 19.4. The average molecular weight is 463 g/mol. The molecule has 0 radical (unpaired) electrons. The van der Waals surface area contributed by atoms with Crippen LogP contribution < -0.4 is 5.32 Å². The predicted octanol–water partition coefficient (Wildman–Crippen LogP) is 5.07. The van der Waals surface area contributed by atoms with Crippen LogP contribution in [0.25, 0.3) is 33.8 Å². The van der Waals surface area contributed by atoms with E-state index in [9.17, 15) is 13.2 Å². The van der Waals surface area contributed by atoms with Gasteiger partial charge in [0.15, 0.2) is 11.5 Å². The number of nitrogens with zero attached hydrogens (tertiary/aromatic N) is 5. The van der Waals surface area contributed by atoms with Crippen molar-refractivity contribution in [2.75, 3.05) is 12.4 Å². The van der Waals surface area contributed by atoms with Gasteiger partial charge in [-0.2, -0.15) is 13.2 Å². The molecule has 0 aliphatic carbocycles. The van der Waals surface area contributed by atoms with E-state index in [1.807, 2.05) is 30.5 Å². The van der Waals surface area contributed by atoms with Gasteiger partial charge in [0.1, 0.15) is 11.6 Å². The van der Waals surface area contributed by atoms with Crippen LogP contribution >= 0.6 is 0 Å². The van der Waals surface area contributed by atoms with Crippen molar-refractivity contribution < 1.29 is 13.2 Å². The first-order chi connectivity index (χ1) is 16.3. The molecule has 0 saturated heterocycles. The van der Waals surface area contributed by atoms with E-state index >= 15 is 0 Å². The third kappa shape index (κ3) is 3.98. The summed E-state index contributed by atoms with van der Waals surface area (Å²) in [5.41, 5.74) is 4.11.